The van der Waals surface area contributed by atoms with E-state index >= 15 is 0 Å². The van der Waals surface area contributed by atoms with Crippen LogP contribution in [0.5, 0.6) is 0 Å². The average Bonchev–Trinajstić information content (AvgIpc) is 3.20. The van der Waals surface area contributed by atoms with Gasteiger partial charge >= 0.3 is 0 Å². The number of primary sulfonamides is 1. The number of nitrogens with two attached hydrogens (primary N) is 1. The second-order valence-corrected chi connectivity index (χ2v) is 9.70. The van der Waals surface area contributed by atoms with Gasteiger partial charge in [-0.25, -0.2) is 18.5 Å². The average molecular weight is 436 g/mol. The summed E-state index contributed by atoms with van der Waals surface area (Å²) >= 11 is 0. The summed E-state index contributed by atoms with van der Waals surface area (Å²) in [6.07, 6.45) is 6.51. The van der Waals surface area contributed by atoms with E-state index in [1.807, 2.05) is 17.9 Å². The number of nitrogens with zero attached hydrogens (tertiary/aromatic N) is 2. The molecule has 1 atom stereocenters. The third kappa shape index (κ3) is 6.18. The van der Waals surface area contributed by atoms with E-state index in [1.165, 1.54) is 12.5 Å². The summed E-state index contributed by atoms with van der Waals surface area (Å²) in [5, 5.41) is 11.9. The number of sulfonamides is 1. The topological polar surface area (TPSA) is 117 Å². The van der Waals surface area contributed by atoms with Crippen molar-refractivity contribution in [2.24, 2.45) is 16.0 Å². The zero-order chi connectivity index (χ0) is 21.6. The summed E-state index contributed by atoms with van der Waals surface area (Å²) in [6.45, 7) is 4.51. The first-order valence-corrected chi connectivity index (χ1v) is 12.4. The molecule has 1 aromatic carbocycles. The van der Waals surface area contributed by atoms with Gasteiger partial charge in [0.1, 0.15) is 0 Å². The Hall–Kier alpha value is -2.13. The number of hydrogen-bond acceptors (Lipinski definition) is 4. The Balaban J connectivity index is 1.58. The number of amides is 1. The summed E-state index contributed by atoms with van der Waals surface area (Å²) in [7, 11) is -3.73. The molecule has 30 heavy (non-hydrogen) atoms. The van der Waals surface area contributed by atoms with Gasteiger partial charge in [0, 0.05) is 31.6 Å². The van der Waals surface area contributed by atoms with Crippen LogP contribution in [0.1, 0.15) is 51.0 Å². The van der Waals surface area contributed by atoms with Crippen LogP contribution >= 0.6 is 0 Å². The molecule has 0 radical (unpaired) electrons. The molecule has 1 aromatic rings. The molecule has 1 unspecified atom stereocenters. The Bertz CT molecular complexity index is 865. The molecule has 4 N–H and O–H groups in total. The Morgan fingerprint density at radius 2 is 2.00 bits per heavy atom. The number of benzene rings is 1. The lowest BCUT2D eigenvalue weighted by Gasteiger charge is -2.26. The number of rotatable bonds is 6. The van der Waals surface area contributed by atoms with E-state index in [2.05, 4.69) is 15.6 Å². The third-order valence-corrected chi connectivity index (χ3v) is 6.70. The van der Waals surface area contributed by atoms with Crippen LogP contribution in [0.15, 0.2) is 34.2 Å². The number of nitrogens with one attached hydrogen (secondary N) is 2. The largest absolute Gasteiger partial charge is 0.357 e. The molecule has 9 heteroatoms. The number of aliphatic imine (C=N–C) groups is 1. The molecule has 1 saturated carbocycles. The maximum absolute atomic E-state index is 12.8. The number of carbonyl (C=O) groups is 1. The number of guanidine groups is 1. The molecule has 3 rings (SSSR count). The van der Waals surface area contributed by atoms with Crippen LogP contribution in [0.2, 0.25) is 0 Å². The fourth-order valence-electron chi connectivity index (χ4n) is 4.19. The van der Waals surface area contributed by atoms with E-state index in [1.54, 1.807) is 12.1 Å². The quantitative estimate of drug-likeness (QED) is 0.463. The molecule has 0 aromatic heterocycles. The molecule has 2 fully saturated rings. The Labute approximate surface area is 179 Å². The lowest BCUT2D eigenvalue weighted by molar-refractivity contribution is -0.135. The first-order chi connectivity index (χ1) is 14.4. The van der Waals surface area contributed by atoms with Crippen LogP contribution in [0.3, 0.4) is 0 Å². The minimum absolute atomic E-state index is 0.0841. The predicted octanol–water partition coefficient (Wildman–Crippen LogP) is 1.57. The molecule has 0 bridgehead atoms. The summed E-state index contributed by atoms with van der Waals surface area (Å²) in [5.41, 5.74) is 0.763. The van der Waals surface area contributed by atoms with Crippen LogP contribution in [-0.2, 0) is 21.4 Å². The fourth-order valence-corrected chi connectivity index (χ4v) is 4.77. The molecule has 1 heterocycles. The van der Waals surface area contributed by atoms with Crippen LogP contribution < -0.4 is 15.8 Å². The zero-order valence-corrected chi connectivity index (χ0v) is 18.5. The van der Waals surface area contributed by atoms with Crippen molar-refractivity contribution >= 4 is 21.9 Å². The second-order valence-electron chi connectivity index (χ2n) is 8.14. The molecular weight excluding hydrogens is 402 g/mol. The van der Waals surface area contributed by atoms with E-state index in [4.69, 9.17) is 5.14 Å². The van der Waals surface area contributed by atoms with Gasteiger partial charge in [0.2, 0.25) is 15.9 Å². The third-order valence-electron chi connectivity index (χ3n) is 5.79. The lowest BCUT2D eigenvalue weighted by atomic mass is 9.88. The van der Waals surface area contributed by atoms with Gasteiger partial charge < -0.3 is 15.5 Å². The molecule has 8 nitrogen and oxygen atoms in total. The SMILES string of the molecule is CCNC(=NCc1cccc(S(N)(=O)=O)c1)NC1CCN(C(=O)C2CCCCC2)C1. The van der Waals surface area contributed by atoms with E-state index in [0.29, 0.717) is 31.5 Å². The molecule has 2 aliphatic rings. The van der Waals surface area contributed by atoms with Crippen LogP contribution in [-0.4, -0.2) is 50.9 Å². The van der Waals surface area contributed by atoms with Gasteiger partial charge in [0.15, 0.2) is 5.96 Å². The van der Waals surface area contributed by atoms with Crippen molar-refractivity contribution in [2.45, 2.75) is 62.9 Å². The fraction of sp³-hybridized carbons (Fsp3) is 0.619. The van der Waals surface area contributed by atoms with Crippen LogP contribution in [0.4, 0.5) is 0 Å². The highest BCUT2D eigenvalue weighted by Gasteiger charge is 2.31. The molecule has 1 amide bonds. The van der Waals surface area contributed by atoms with Crippen molar-refractivity contribution in [1.29, 1.82) is 0 Å². The molecule has 1 aliphatic heterocycles. The van der Waals surface area contributed by atoms with Gasteiger partial charge in [-0.15, -0.1) is 0 Å². The zero-order valence-electron chi connectivity index (χ0n) is 17.6. The summed E-state index contributed by atoms with van der Waals surface area (Å²) in [5.74, 6) is 1.17. The highest BCUT2D eigenvalue weighted by atomic mass is 32.2. The Kier molecular flexibility index (Phi) is 7.71. The van der Waals surface area contributed by atoms with Crippen molar-refractivity contribution in [3.63, 3.8) is 0 Å². The van der Waals surface area contributed by atoms with Crippen molar-refractivity contribution in [3.8, 4) is 0 Å². The van der Waals surface area contributed by atoms with Gasteiger partial charge in [-0.1, -0.05) is 31.4 Å². The standard InChI is InChI=1S/C21H33N5O3S/c1-2-23-21(24-14-16-7-6-10-19(13-16)30(22,28)29)25-18-11-12-26(15-18)20(27)17-8-4-3-5-9-17/h6-7,10,13,17-18H,2-5,8-9,11-12,14-15H2,1H3,(H2,22,28,29)(H2,23,24,25). The second kappa shape index (κ2) is 10.3. The van der Waals surface area contributed by atoms with Gasteiger partial charge in [-0.05, 0) is 43.9 Å². The smallest absolute Gasteiger partial charge is 0.238 e. The van der Waals surface area contributed by atoms with E-state index in [0.717, 1.165) is 44.2 Å². The highest BCUT2D eigenvalue weighted by Crippen LogP contribution is 2.26. The predicted molar refractivity (Wildman–Crippen MR) is 117 cm³/mol. The Morgan fingerprint density at radius 1 is 1.23 bits per heavy atom. The first-order valence-electron chi connectivity index (χ1n) is 10.8. The maximum Gasteiger partial charge on any atom is 0.238 e. The minimum atomic E-state index is -3.73. The molecular formula is C21H33N5O3S. The summed E-state index contributed by atoms with van der Waals surface area (Å²) in [6, 6.07) is 6.66. The van der Waals surface area contributed by atoms with Crippen molar-refractivity contribution in [2.75, 3.05) is 19.6 Å². The van der Waals surface area contributed by atoms with E-state index < -0.39 is 10.0 Å². The molecule has 1 aliphatic carbocycles. The van der Waals surface area contributed by atoms with Gasteiger partial charge in [0.05, 0.1) is 11.4 Å². The number of likely N-dealkylation sites (tertiary alicyclic amines) is 1. The van der Waals surface area contributed by atoms with Gasteiger partial charge in [-0.3, -0.25) is 4.79 Å². The van der Waals surface area contributed by atoms with Crippen molar-refractivity contribution in [1.82, 2.24) is 15.5 Å². The first kappa shape index (κ1) is 22.6. The summed E-state index contributed by atoms with van der Waals surface area (Å²) < 4.78 is 23.1. The number of hydrogen-bond donors (Lipinski definition) is 3. The number of carbonyl (C=O) groups excluding carboxylic acids is 1. The maximum atomic E-state index is 12.8. The van der Waals surface area contributed by atoms with Gasteiger partial charge in [-0.2, -0.15) is 0 Å². The Morgan fingerprint density at radius 3 is 2.70 bits per heavy atom. The molecule has 0 spiro atoms. The molecule has 1 saturated heterocycles. The van der Waals surface area contributed by atoms with E-state index in [-0.39, 0.29) is 16.9 Å². The summed E-state index contributed by atoms with van der Waals surface area (Å²) in [4.78, 5) is 19.4. The minimum Gasteiger partial charge on any atom is -0.357 e. The monoisotopic (exact) mass is 435 g/mol. The molecule has 166 valence electrons. The van der Waals surface area contributed by atoms with Crippen LogP contribution in [0.25, 0.3) is 0 Å². The van der Waals surface area contributed by atoms with Crippen molar-refractivity contribution in [3.05, 3.63) is 29.8 Å². The van der Waals surface area contributed by atoms with E-state index in [9.17, 15) is 13.2 Å². The van der Waals surface area contributed by atoms with Crippen LogP contribution in [0, 0.1) is 5.92 Å². The normalized spacial score (nSPS) is 20.9. The van der Waals surface area contributed by atoms with Gasteiger partial charge in [0.25, 0.3) is 0 Å². The van der Waals surface area contributed by atoms with Crippen molar-refractivity contribution < 1.29 is 13.2 Å². The lowest BCUT2D eigenvalue weighted by Crippen LogP contribution is -2.45. The highest BCUT2D eigenvalue weighted by molar-refractivity contribution is 7.89.